The van der Waals surface area contributed by atoms with Crippen molar-refractivity contribution in [1.82, 2.24) is 0 Å². The molecule has 0 N–H and O–H groups in total. The van der Waals surface area contributed by atoms with Gasteiger partial charge < -0.3 is 18.9 Å². The maximum absolute atomic E-state index is 11.2. The maximum Gasteiger partial charge on any atom is 0.338 e. The van der Waals surface area contributed by atoms with Crippen molar-refractivity contribution in [1.29, 1.82) is 0 Å². The first-order valence-electron chi connectivity index (χ1n) is 11.4. The molecule has 0 aliphatic rings. The minimum absolute atomic E-state index is 0.312. The quantitative estimate of drug-likeness (QED) is 0.196. The zero-order chi connectivity index (χ0) is 28.8. The maximum atomic E-state index is 11.2. The normalized spacial score (nSPS) is 9.46. The zero-order valence-corrected chi connectivity index (χ0v) is 21.3. The van der Waals surface area contributed by atoms with E-state index in [1.807, 2.05) is 24.3 Å². The first kappa shape index (κ1) is 29.7. The largest absolute Gasteiger partial charge is 0.423 e. The second kappa shape index (κ2) is 14.9. The first-order chi connectivity index (χ1) is 18.6. The molecule has 39 heavy (non-hydrogen) atoms. The minimum atomic E-state index is -0.545. The van der Waals surface area contributed by atoms with E-state index in [-0.39, 0.29) is 0 Å². The van der Waals surface area contributed by atoms with E-state index in [1.54, 1.807) is 31.2 Å². The third-order valence-corrected chi connectivity index (χ3v) is 4.58. The molecule has 198 valence electrons. The van der Waals surface area contributed by atoms with Gasteiger partial charge in [-0.3, -0.25) is 0 Å². The number of hydrogen-bond donors (Lipinski definition) is 0. The summed E-state index contributed by atoms with van der Waals surface area (Å²) < 4.78 is 19.8. The molecular formula is C31H26O8. The highest BCUT2D eigenvalue weighted by molar-refractivity contribution is 5.89. The molecule has 8 nitrogen and oxygen atoms in total. The molecule has 3 aromatic rings. The summed E-state index contributed by atoms with van der Waals surface area (Å²) >= 11 is 0. The number of carbonyl (C=O) groups excluding carboxylic acids is 4. The number of rotatable bonds is 9. The number of benzene rings is 3. The Balaban J connectivity index is 0.000000283. The molecule has 3 aromatic carbocycles. The van der Waals surface area contributed by atoms with Gasteiger partial charge >= 0.3 is 23.9 Å². The molecule has 0 heterocycles. The molecule has 0 radical (unpaired) electrons. The van der Waals surface area contributed by atoms with Gasteiger partial charge in [-0.25, -0.2) is 19.2 Å². The Morgan fingerprint density at radius 1 is 0.513 bits per heavy atom. The summed E-state index contributed by atoms with van der Waals surface area (Å²) in [4.78, 5) is 44.3. The Hall–Kier alpha value is -5.50. The summed E-state index contributed by atoms with van der Waals surface area (Å²) in [6.07, 6.45) is 3.28. The van der Waals surface area contributed by atoms with E-state index in [0.29, 0.717) is 28.6 Å². The van der Waals surface area contributed by atoms with Crippen molar-refractivity contribution in [3.05, 3.63) is 123 Å². The van der Waals surface area contributed by atoms with Crippen LogP contribution in [0.1, 0.15) is 6.92 Å². The molecule has 0 aliphatic heterocycles. The summed E-state index contributed by atoms with van der Waals surface area (Å²) in [5.41, 5.74) is 2.20. The second-order valence-corrected chi connectivity index (χ2v) is 7.57. The van der Waals surface area contributed by atoms with E-state index >= 15 is 0 Å². The third kappa shape index (κ3) is 10.2. The molecule has 0 spiro atoms. The lowest BCUT2D eigenvalue weighted by Gasteiger charge is -2.06. The lowest BCUT2D eigenvalue weighted by molar-refractivity contribution is -0.130. The van der Waals surface area contributed by atoms with Gasteiger partial charge in [-0.15, -0.1) is 0 Å². The molecule has 0 aromatic heterocycles. The average molecular weight is 527 g/mol. The smallest absolute Gasteiger partial charge is 0.338 e. The molecule has 0 saturated carbocycles. The fourth-order valence-electron chi connectivity index (χ4n) is 2.67. The molecular weight excluding hydrogens is 500 g/mol. The molecule has 0 bridgehead atoms. The molecule has 0 saturated heterocycles. The van der Waals surface area contributed by atoms with Crippen molar-refractivity contribution >= 4 is 23.9 Å². The second-order valence-electron chi connectivity index (χ2n) is 7.57. The fourth-order valence-corrected chi connectivity index (χ4v) is 2.67. The van der Waals surface area contributed by atoms with E-state index < -0.39 is 23.9 Å². The Labute approximate surface area is 226 Å². The zero-order valence-electron chi connectivity index (χ0n) is 21.3. The van der Waals surface area contributed by atoms with Crippen LogP contribution in [0.5, 0.6) is 23.0 Å². The van der Waals surface area contributed by atoms with Gasteiger partial charge in [0, 0.05) is 23.8 Å². The van der Waals surface area contributed by atoms with Gasteiger partial charge in [0.05, 0.1) is 0 Å². The van der Waals surface area contributed by atoms with Crippen LogP contribution in [0.15, 0.2) is 123 Å². The summed E-state index contributed by atoms with van der Waals surface area (Å²) in [7, 11) is 0. The van der Waals surface area contributed by atoms with Crippen molar-refractivity contribution in [2.45, 2.75) is 6.92 Å². The molecule has 0 aliphatic carbocycles. The Morgan fingerprint density at radius 2 is 0.769 bits per heavy atom. The van der Waals surface area contributed by atoms with Gasteiger partial charge in [0.15, 0.2) is 0 Å². The lowest BCUT2D eigenvalue weighted by atomic mass is 10.1. The van der Waals surface area contributed by atoms with Gasteiger partial charge in [-0.05, 0) is 66.6 Å². The van der Waals surface area contributed by atoms with E-state index in [2.05, 4.69) is 26.3 Å². The average Bonchev–Trinajstić information content (AvgIpc) is 2.95. The number of ether oxygens (including phenoxy) is 4. The van der Waals surface area contributed by atoms with E-state index in [1.165, 1.54) is 24.3 Å². The van der Waals surface area contributed by atoms with E-state index in [9.17, 15) is 19.2 Å². The van der Waals surface area contributed by atoms with Crippen molar-refractivity contribution in [3.8, 4) is 34.1 Å². The minimum Gasteiger partial charge on any atom is -0.423 e. The van der Waals surface area contributed by atoms with Gasteiger partial charge in [0.25, 0.3) is 0 Å². The van der Waals surface area contributed by atoms with Crippen LogP contribution in [0.4, 0.5) is 0 Å². The number of hydrogen-bond acceptors (Lipinski definition) is 8. The van der Waals surface area contributed by atoms with Crippen LogP contribution in [-0.4, -0.2) is 23.9 Å². The molecule has 3 rings (SSSR count). The van der Waals surface area contributed by atoms with E-state index in [4.69, 9.17) is 18.9 Å². The molecule has 0 fully saturated rings. The Morgan fingerprint density at radius 3 is 1.03 bits per heavy atom. The van der Waals surface area contributed by atoms with Crippen LogP contribution in [0, 0.1) is 0 Å². The van der Waals surface area contributed by atoms with Crippen LogP contribution < -0.4 is 18.9 Å². The molecule has 0 atom stereocenters. The number of carbonyl (C=O) groups is 4. The third-order valence-electron chi connectivity index (χ3n) is 4.58. The Kier molecular flexibility index (Phi) is 11.4. The number of esters is 4. The fraction of sp³-hybridized carbons (Fsp3) is 0.0323. The summed E-state index contributed by atoms with van der Waals surface area (Å²) in [6, 6.07) is 20.2. The Bertz CT molecular complexity index is 1300. The standard InChI is InChI=1S/C18H14O4.C13H12O4/c1-3-17(19)21-15-9-5-13(6-10-15)14-7-11-16(12-8-14)22-18(20)4-2;1-4-12(14)16-10-5-7-11(8-6-10)17-13(15)9(2)3/h3-12H,1-2H2;4-8H,1-2H2,3H3. The van der Waals surface area contributed by atoms with Crippen molar-refractivity contribution < 1.29 is 38.1 Å². The molecule has 0 unspecified atom stereocenters. The molecule has 0 amide bonds. The van der Waals surface area contributed by atoms with Crippen LogP contribution in [0.2, 0.25) is 0 Å². The highest BCUT2D eigenvalue weighted by Gasteiger charge is 2.06. The van der Waals surface area contributed by atoms with Gasteiger partial charge in [-0.1, -0.05) is 50.6 Å². The van der Waals surface area contributed by atoms with Crippen molar-refractivity contribution in [2.24, 2.45) is 0 Å². The monoisotopic (exact) mass is 526 g/mol. The van der Waals surface area contributed by atoms with Crippen molar-refractivity contribution in [3.63, 3.8) is 0 Å². The first-order valence-corrected chi connectivity index (χ1v) is 11.4. The van der Waals surface area contributed by atoms with Gasteiger partial charge in [0.1, 0.15) is 23.0 Å². The van der Waals surface area contributed by atoms with Crippen LogP contribution >= 0.6 is 0 Å². The van der Waals surface area contributed by atoms with Gasteiger partial charge in [-0.2, -0.15) is 0 Å². The highest BCUT2D eigenvalue weighted by Crippen LogP contribution is 2.25. The molecule has 8 heteroatoms. The van der Waals surface area contributed by atoms with Crippen LogP contribution in [-0.2, 0) is 19.2 Å². The predicted octanol–water partition coefficient (Wildman–Crippen LogP) is 5.80. The summed E-state index contributed by atoms with van der Waals surface area (Å²) in [6.45, 7) is 15.0. The predicted molar refractivity (Wildman–Crippen MR) is 146 cm³/mol. The van der Waals surface area contributed by atoms with Crippen molar-refractivity contribution in [2.75, 3.05) is 0 Å². The topological polar surface area (TPSA) is 105 Å². The summed E-state index contributed by atoms with van der Waals surface area (Å²) in [5, 5.41) is 0. The van der Waals surface area contributed by atoms with Crippen LogP contribution in [0.25, 0.3) is 11.1 Å². The SMILES string of the molecule is C=CC(=O)Oc1ccc(-c2ccc(OC(=O)C=C)cc2)cc1.C=CC(=O)Oc1ccc(OC(=O)C(=C)C)cc1. The highest BCUT2D eigenvalue weighted by atomic mass is 16.5. The lowest BCUT2D eigenvalue weighted by Crippen LogP contribution is -2.08. The van der Waals surface area contributed by atoms with E-state index in [0.717, 1.165) is 29.4 Å². The van der Waals surface area contributed by atoms with Crippen LogP contribution in [0.3, 0.4) is 0 Å². The van der Waals surface area contributed by atoms with Gasteiger partial charge in [0.2, 0.25) is 0 Å². The summed E-state index contributed by atoms with van der Waals surface area (Å²) in [5.74, 6) is -0.434.